The fourth-order valence-electron chi connectivity index (χ4n) is 3.76. The highest BCUT2D eigenvalue weighted by atomic mass is 16.5. The zero-order valence-electron chi connectivity index (χ0n) is 17.2. The van der Waals surface area contributed by atoms with E-state index in [9.17, 15) is 4.79 Å². The molecular formula is C26H25NO2. The van der Waals surface area contributed by atoms with Crippen LogP contribution in [0.3, 0.4) is 0 Å². The zero-order chi connectivity index (χ0) is 20.5. The van der Waals surface area contributed by atoms with Crippen LogP contribution in [0.2, 0.25) is 0 Å². The number of ketones is 1. The molecule has 3 nitrogen and oxygen atoms in total. The van der Waals surface area contributed by atoms with Crippen LogP contribution in [0.5, 0.6) is 11.5 Å². The first-order chi connectivity index (χ1) is 14.0. The van der Waals surface area contributed by atoms with E-state index in [0.29, 0.717) is 17.7 Å². The second kappa shape index (κ2) is 7.67. The van der Waals surface area contributed by atoms with Gasteiger partial charge < -0.3 is 4.74 Å². The second-order valence-corrected chi connectivity index (χ2v) is 7.69. The van der Waals surface area contributed by atoms with Crippen LogP contribution < -0.4 is 15.3 Å². The van der Waals surface area contributed by atoms with Crippen molar-refractivity contribution in [2.45, 2.75) is 40.0 Å². The highest BCUT2D eigenvalue weighted by Gasteiger charge is 2.19. The van der Waals surface area contributed by atoms with Gasteiger partial charge in [-0.1, -0.05) is 36.9 Å². The van der Waals surface area contributed by atoms with Crippen molar-refractivity contribution in [3.8, 4) is 11.5 Å². The number of hydrogen-bond donors (Lipinski definition) is 0. The van der Waals surface area contributed by atoms with E-state index in [4.69, 9.17) is 9.73 Å². The van der Waals surface area contributed by atoms with E-state index in [1.54, 1.807) is 0 Å². The summed E-state index contributed by atoms with van der Waals surface area (Å²) in [6, 6.07) is 15.8. The molecule has 0 unspecified atom stereocenters. The van der Waals surface area contributed by atoms with Gasteiger partial charge in [0.15, 0.2) is 17.3 Å². The molecule has 4 rings (SSSR count). The van der Waals surface area contributed by atoms with Crippen LogP contribution in [0.1, 0.15) is 45.5 Å². The third kappa shape index (κ3) is 3.61. The van der Waals surface area contributed by atoms with Crippen LogP contribution in [0.4, 0.5) is 5.69 Å². The van der Waals surface area contributed by atoms with Gasteiger partial charge in [-0.25, -0.2) is 4.99 Å². The normalized spacial score (nSPS) is 11.8. The number of ether oxygens (including phenoxy) is 1. The minimum Gasteiger partial charge on any atom is -0.452 e. The molecule has 0 saturated heterocycles. The number of Topliss-reactive ketones (excluding diaryl/α,β-unsaturated/α-hetero) is 1. The van der Waals surface area contributed by atoms with Gasteiger partial charge >= 0.3 is 0 Å². The lowest BCUT2D eigenvalue weighted by molar-refractivity contribution is 0.0980. The van der Waals surface area contributed by atoms with Crippen LogP contribution in [0.25, 0.3) is 6.58 Å². The molecule has 0 aromatic heterocycles. The van der Waals surface area contributed by atoms with E-state index in [2.05, 4.69) is 25.6 Å². The summed E-state index contributed by atoms with van der Waals surface area (Å²) in [5.74, 6) is 1.52. The summed E-state index contributed by atoms with van der Waals surface area (Å²) in [5, 5.41) is 1.84. The average molecular weight is 383 g/mol. The maximum atomic E-state index is 12.7. The van der Waals surface area contributed by atoms with E-state index >= 15 is 0 Å². The van der Waals surface area contributed by atoms with Gasteiger partial charge in [0.1, 0.15) is 11.0 Å². The maximum absolute atomic E-state index is 12.7. The Morgan fingerprint density at radius 2 is 1.76 bits per heavy atom. The van der Waals surface area contributed by atoms with Crippen molar-refractivity contribution in [1.82, 2.24) is 0 Å². The molecule has 0 saturated carbocycles. The van der Waals surface area contributed by atoms with Crippen molar-refractivity contribution >= 4 is 18.0 Å². The number of hydrogen-bond acceptors (Lipinski definition) is 3. The first kappa shape index (κ1) is 19.1. The molecule has 0 aliphatic carbocycles. The van der Waals surface area contributed by atoms with Crippen LogP contribution in [0, 0.1) is 20.8 Å². The van der Waals surface area contributed by atoms with Gasteiger partial charge in [0.2, 0.25) is 0 Å². The third-order valence-corrected chi connectivity index (χ3v) is 5.82. The smallest absolute Gasteiger partial charge is 0.163 e. The van der Waals surface area contributed by atoms with Crippen LogP contribution in [-0.2, 0) is 6.42 Å². The van der Waals surface area contributed by atoms with Gasteiger partial charge in [-0.05, 0) is 73.7 Å². The van der Waals surface area contributed by atoms with Gasteiger partial charge in [0.25, 0.3) is 0 Å². The van der Waals surface area contributed by atoms with E-state index in [-0.39, 0.29) is 5.78 Å². The first-order valence-corrected chi connectivity index (χ1v) is 10.0. The van der Waals surface area contributed by atoms with Gasteiger partial charge in [0, 0.05) is 17.5 Å². The summed E-state index contributed by atoms with van der Waals surface area (Å²) in [4.78, 5) is 17.5. The Hall–Kier alpha value is -3.20. The quantitative estimate of drug-likeness (QED) is 0.440. The third-order valence-electron chi connectivity index (χ3n) is 5.82. The lowest BCUT2D eigenvalue weighted by Gasteiger charge is -2.19. The zero-order valence-corrected chi connectivity index (χ0v) is 17.2. The summed E-state index contributed by atoms with van der Waals surface area (Å²) >= 11 is 0. The fourth-order valence-corrected chi connectivity index (χ4v) is 3.76. The van der Waals surface area contributed by atoms with Crippen LogP contribution in [-0.4, -0.2) is 5.78 Å². The number of aryl methyl sites for hydroxylation is 1. The highest BCUT2D eigenvalue weighted by molar-refractivity contribution is 5.97. The monoisotopic (exact) mass is 383 g/mol. The predicted octanol–water partition coefficient (Wildman–Crippen LogP) is 5.28. The number of fused-ring (bicyclic) bond motifs is 2. The van der Waals surface area contributed by atoms with Gasteiger partial charge in [0.05, 0.1) is 0 Å². The van der Waals surface area contributed by atoms with Gasteiger partial charge in [-0.15, -0.1) is 0 Å². The Morgan fingerprint density at radius 1 is 1.00 bits per heavy atom. The standard InChI is InChI=1S/C26H25NO2/c1-16-17(2)19(4)26-25(18(16)3)27-22-14-13-21(15-24(22)29-26)23(28)12-8-11-20-9-6-5-7-10-20/h5-7,9-10,13-15H,2,8,11-12H2,1,3-4H3. The van der Waals surface area contributed by atoms with Gasteiger partial charge in [-0.2, -0.15) is 0 Å². The minimum absolute atomic E-state index is 0.132. The predicted molar refractivity (Wildman–Crippen MR) is 117 cm³/mol. The molecule has 3 aromatic rings. The lowest BCUT2D eigenvalue weighted by Crippen LogP contribution is -2.24. The van der Waals surface area contributed by atoms with Crippen LogP contribution in [0.15, 0.2) is 53.5 Å². The summed E-state index contributed by atoms with van der Waals surface area (Å²) in [6.07, 6.45) is 2.25. The molecule has 0 amide bonds. The highest BCUT2D eigenvalue weighted by Crippen LogP contribution is 2.36. The molecule has 0 spiro atoms. The van der Waals surface area contributed by atoms with E-state index < -0.39 is 0 Å². The Kier molecular flexibility index (Phi) is 5.06. The molecule has 3 aromatic carbocycles. The first-order valence-electron chi connectivity index (χ1n) is 10.0. The molecule has 1 aliphatic rings. The van der Waals surface area contributed by atoms with Crippen molar-refractivity contribution in [2.75, 3.05) is 0 Å². The van der Waals surface area contributed by atoms with Gasteiger partial charge in [-0.3, -0.25) is 4.79 Å². The molecule has 1 heterocycles. The molecule has 0 fully saturated rings. The topological polar surface area (TPSA) is 38.7 Å². The van der Waals surface area contributed by atoms with E-state index in [1.165, 1.54) is 5.56 Å². The molecule has 1 aliphatic heterocycles. The number of rotatable bonds is 5. The maximum Gasteiger partial charge on any atom is 0.163 e. The molecule has 0 N–H and O–H groups in total. The molecule has 0 bridgehead atoms. The Bertz CT molecular complexity index is 1210. The lowest BCUT2D eigenvalue weighted by atomic mass is 10.00. The molecule has 0 radical (unpaired) electrons. The fraction of sp³-hybridized carbons (Fsp3) is 0.231. The summed E-state index contributed by atoms with van der Waals surface area (Å²) < 4.78 is 6.20. The Labute approximate surface area is 171 Å². The number of carbonyl (C=O) groups is 1. The summed E-state index contributed by atoms with van der Waals surface area (Å²) in [6.45, 7) is 10.3. The van der Waals surface area contributed by atoms with Crippen molar-refractivity contribution in [3.63, 3.8) is 0 Å². The van der Waals surface area contributed by atoms with Crippen molar-refractivity contribution in [1.29, 1.82) is 0 Å². The van der Waals surface area contributed by atoms with Crippen molar-refractivity contribution in [3.05, 3.63) is 86.9 Å². The molecule has 3 heteroatoms. The SMILES string of the molecule is C=c1c(C)c(C)c2c(c1C)Oc1cc(C(=O)CCCc3ccccc3)ccc1N=2. The van der Waals surface area contributed by atoms with Crippen molar-refractivity contribution in [2.24, 2.45) is 4.99 Å². The van der Waals surface area contributed by atoms with Crippen LogP contribution >= 0.6 is 0 Å². The second-order valence-electron chi connectivity index (χ2n) is 7.69. The number of carbonyl (C=O) groups excluding carboxylic acids is 1. The number of benzene rings is 3. The largest absolute Gasteiger partial charge is 0.452 e. The summed E-state index contributed by atoms with van der Waals surface area (Å²) in [5.41, 5.74) is 5.92. The Morgan fingerprint density at radius 3 is 2.52 bits per heavy atom. The van der Waals surface area contributed by atoms with E-state index in [1.807, 2.05) is 50.2 Å². The number of nitrogens with zero attached hydrogens (tertiary/aromatic N) is 1. The molecule has 0 atom stereocenters. The molecular weight excluding hydrogens is 358 g/mol. The molecule has 29 heavy (non-hydrogen) atoms. The Balaban J connectivity index is 1.57. The van der Waals surface area contributed by atoms with E-state index in [0.717, 1.165) is 51.5 Å². The minimum atomic E-state index is 0.132. The molecule has 146 valence electrons. The van der Waals surface area contributed by atoms with Crippen molar-refractivity contribution < 1.29 is 9.53 Å². The average Bonchev–Trinajstić information content (AvgIpc) is 2.75. The summed E-state index contributed by atoms with van der Waals surface area (Å²) in [7, 11) is 0.